The summed E-state index contributed by atoms with van der Waals surface area (Å²) < 4.78 is 22.8. The zero-order valence-electron chi connectivity index (χ0n) is 18.0. The number of hydrogen-bond donors (Lipinski definition) is 5. The lowest BCUT2D eigenvalue weighted by atomic mass is 9.93. The molecule has 33 heavy (non-hydrogen) atoms. The third-order valence-electron chi connectivity index (χ3n) is 5.46. The summed E-state index contributed by atoms with van der Waals surface area (Å²) >= 11 is 0. The Labute approximate surface area is 189 Å². The van der Waals surface area contributed by atoms with Crippen LogP contribution in [0.5, 0.6) is 46.0 Å². The fourth-order valence-corrected chi connectivity index (χ4v) is 3.82. The second-order valence-corrected chi connectivity index (χ2v) is 7.66. The first-order valence-corrected chi connectivity index (χ1v) is 10.1. The quantitative estimate of drug-likeness (QED) is 0.353. The minimum atomic E-state index is -0.830. The highest BCUT2D eigenvalue weighted by Crippen LogP contribution is 2.45. The fraction of sp³-hybridized carbons (Fsp3) is 0.250. The minimum Gasteiger partial charge on any atom is -0.508 e. The number of aromatic hydroxyl groups is 5. The minimum absolute atomic E-state index is 0.141. The average Bonchev–Trinajstić information content (AvgIpc) is 2.80. The standard InChI is InChI=1S/C24H24O9/c1-30-15-3-12(4-16(9-15)31-2)11-32-22-10-17-18(26)7-14(25)8-21(17)33-24(22)13-5-19(27)23(29)20(28)6-13/h3-9,22,24-29H,10-11H2,1-2H3/t22-,24-/m0/s1. The van der Waals surface area contributed by atoms with Crippen molar-refractivity contribution in [2.75, 3.05) is 14.2 Å². The molecule has 0 aliphatic carbocycles. The predicted octanol–water partition coefficient (Wildman–Crippen LogP) is 3.49. The monoisotopic (exact) mass is 456 g/mol. The Bertz CT molecular complexity index is 1130. The second-order valence-electron chi connectivity index (χ2n) is 7.66. The van der Waals surface area contributed by atoms with Crippen LogP contribution >= 0.6 is 0 Å². The largest absolute Gasteiger partial charge is 0.508 e. The van der Waals surface area contributed by atoms with Gasteiger partial charge in [-0.3, -0.25) is 0 Å². The fourth-order valence-electron chi connectivity index (χ4n) is 3.82. The summed E-state index contributed by atoms with van der Waals surface area (Å²) in [6.07, 6.45) is -1.27. The number of benzene rings is 3. The molecule has 1 heterocycles. The van der Waals surface area contributed by atoms with E-state index in [2.05, 4.69) is 0 Å². The van der Waals surface area contributed by atoms with Gasteiger partial charge >= 0.3 is 0 Å². The maximum atomic E-state index is 10.3. The second kappa shape index (κ2) is 8.87. The van der Waals surface area contributed by atoms with Crippen LogP contribution in [0.1, 0.15) is 22.8 Å². The Morgan fingerprint density at radius 2 is 1.45 bits per heavy atom. The number of phenols is 5. The number of phenolic OH excluding ortho intramolecular Hbond substituents is 5. The molecule has 0 unspecified atom stereocenters. The predicted molar refractivity (Wildman–Crippen MR) is 116 cm³/mol. The van der Waals surface area contributed by atoms with Crippen molar-refractivity contribution >= 4 is 0 Å². The van der Waals surface area contributed by atoms with Gasteiger partial charge in [-0.2, -0.15) is 0 Å². The molecule has 4 rings (SSSR count). The van der Waals surface area contributed by atoms with Crippen LogP contribution in [-0.4, -0.2) is 45.9 Å². The molecular weight excluding hydrogens is 432 g/mol. The van der Waals surface area contributed by atoms with Crippen LogP contribution in [0, 0.1) is 0 Å². The summed E-state index contributed by atoms with van der Waals surface area (Å²) in [6.45, 7) is 0.141. The zero-order valence-corrected chi connectivity index (χ0v) is 18.0. The van der Waals surface area contributed by atoms with E-state index in [-0.39, 0.29) is 30.3 Å². The zero-order chi connectivity index (χ0) is 23.7. The summed E-state index contributed by atoms with van der Waals surface area (Å²) in [5, 5.41) is 49.9. The van der Waals surface area contributed by atoms with Gasteiger partial charge in [-0.1, -0.05) is 0 Å². The summed E-state index contributed by atoms with van der Waals surface area (Å²) in [5.74, 6) is -0.573. The molecule has 0 saturated heterocycles. The van der Waals surface area contributed by atoms with E-state index < -0.39 is 29.5 Å². The molecule has 9 nitrogen and oxygen atoms in total. The van der Waals surface area contributed by atoms with Gasteiger partial charge < -0.3 is 44.5 Å². The van der Waals surface area contributed by atoms with Gasteiger partial charge in [-0.25, -0.2) is 0 Å². The van der Waals surface area contributed by atoms with Crippen molar-refractivity contribution in [3.05, 3.63) is 59.2 Å². The van der Waals surface area contributed by atoms with Crippen LogP contribution in [0.4, 0.5) is 0 Å². The Morgan fingerprint density at radius 1 is 0.818 bits per heavy atom. The van der Waals surface area contributed by atoms with Crippen molar-refractivity contribution in [3.8, 4) is 46.0 Å². The van der Waals surface area contributed by atoms with Gasteiger partial charge in [-0.05, 0) is 29.8 Å². The molecule has 0 amide bonds. The van der Waals surface area contributed by atoms with Gasteiger partial charge in [0.1, 0.15) is 34.9 Å². The van der Waals surface area contributed by atoms with Crippen LogP contribution in [0.25, 0.3) is 0 Å². The van der Waals surface area contributed by atoms with Crippen LogP contribution in [-0.2, 0) is 17.8 Å². The summed E-state index contributed by atoms with van der Waals surface area (Å²) in [7, 11) is 3.09. The van der Waals surface area contributed by atoms with Crippen LogP contribution in [0.3, 0.4) is 0 Å². The van der Waals surface area contributed by atoms with Crippen molar-refractivity contribution in [1.82, 2.24) is 0 Å². The molecule has 5 N–H and O–H groups in total. The van der Waals surface area contributed by atoms with E-state index in [1.807, 2.05) is 0 Å². The van der Waals surface area contributed by atoms with Gasteiger partial charge in [0, 0.05) is 35.7 Å². The third kappa shape index (κ3) is 4.49. The van der Waals surface area contributed by atoms with Gasteiger partial charge in [0.05, 0.1) is 20.8 Å². The third-order valence-corrected chi connectivity index (χ3v) is 5.46. The van der Waals surface area contributed by atoms with E-state index in [1.165, 1.54) is 24.3 Å². The molecule has 3 aromatic carbocycles. The lowest BCUT2D eigenvalue weighted by Crippen LogP contribution is -2.33. The van der Waals surface area contributed by atoms with Crippen LogP contribution in [0.2, 0.25) is 0 Å². The Morgan fingerprint density at radius 3 is 2.06 bits per heavy atom. The maximum Gasteiger partial charge on any atom is 0.200 e. The Kier molecular flexibility index (Phi) is 5.97. The van der Waals surface area contributed by atoms with E-state index in [0.29, 0.717) is 22.6 Å². The van der Waals surface area contributed by atoms with E-state index in [9.17, 15) is 25.5 Å². The van der Waals surface area contributed by atoms with E-state index >= 15 is 0 Å². The van der Waals surface area contributed by atoms with E-state index in [0.717, 1.165) is 5.56 Å². The number of rotatable bonds is 6. The van der Waals surface area contributed by atoms with E-state index in [1.54, 1.807) is 32.4 Å². The molecule has 1 aliphatic rings. The molecule has 0 spiro atoms. The van der Waals surface area contributed by atoms with Gasteiger partial charge in [0.25, 0.3) is 0 Å². The number of ether oxygens (including phenoxy) is 4. The molecule has 0 radical (unpaired) electrons. The first kappa shape index (κ1) is 22.2. The molecule has 0 fully saturated rings. The molecule has 3 aromatic rings. The highest BCUT2D eigenvalue weighted by Gasteiger charge is 2.35. The SMILES string of the molecule is COc1cc(CO[C@H]2Cc3c(O)cc(O)cc3O[C@H]2c2cc(O)c(O)c(O)c2)cc(OC)c1. The molecule has 174 valence electrons. The van der Waals surface area contributed by atoms with Gasteiger partial charge in [0.2, 0.25) is 0 Å². The van der Waals surface area contributed by atoms with Crippen molar-refractivity contribution in [2.45, 2.75) is 25.2 Å². The van der Waals surface area contributed by atoms with Crippen LogP contribution in [0.15, 0.2) is 42.5 Å². The van der Waals surface area contributed by atoms with Crippen molar-refractivity contribution in [2.24, 2.45) is 0 Å². The molecule has 2 atom stereocenters. The summed E-state index contributed by atoms with van der Waals surface area (Å²) in [5.41, 5.74) is 1.55. The first-order valence-electron chi connectivity index (χ1n) is 10.1. The molecule has 1 aliphatic heterocycles. The topological polar surface area (TPSA) is 138 Å². The normalized spacial score (nSPS) is 17.2. The van der Waals surface area contributed by atoms with Gasteiger partial charge in [0.15, 0.2) is 23.4 Å². The number of hydrogen-bond acceptors (Lipinski definition) is 9. The van der Waals surface area contributed by atoms with Crippen molar-refractivity contribution in [3.63, 3.8) is 0 Å². The Balaban J connectivity index is 1.68. The Hall–Kier alpha value is -3.98. The summed E-state index contributed by atoms with van der Waals surface area (Å²) in [6, 6.07) is 10.4. The van der Waals surface area contributed by atoms with E-state index in [4.69, 9.17) is 18.9 Å². The number of methoxy groups -OCH3 is 2. The first-order chi connectivity index (χ1) is 15.8. The highest BCUT2D eigenvalue weighted by molar-refractivity contribution is 5.54. The molecule has 0 aromatic heterocycles. The number of fused-ring (bicyclic) bond motifs is 1. The van der Waals surface area contributed by atoms with Crippen LogP contribution < -0.4 is 14.2 Å². The highest BCUT2D eigenvalue weighted by atomic mass is 16.5. The van der Waals surface area contributed by atoms with Crippen molar-refractivity contribution < 1.29 is 44.5 Å². The van der Waals surface area contributed by atoms with Gasteiger partial charge in [-0.15, -0.1) is 0 Å². The maximum absolute atomic E-state index is 10.3. The smallest absolute Gasteiger partial charge is 0.200 e. The lowest BCUT2D eigenvalue weighted by Gasteiger charge is -2.34. The van der Waals surface area contributed by atoms with Crippen molar-refractivity contribution in [1.29, 1.82) is 0 Å². The average molecular weight is 456 g/mol. The molecular formula is C24H24O9. The summed E-state index contributed by atoms with van der Waals surface area (Å²) in [4.78, 5) is 0. The molecule has 0 bridgehead atoms. The molecule has 9 heteroatoms. The lowest BCUT2D eigenvalue weighted by molar-refractivity contribution is -0.0468. The molecule has 0 saturated carbocycles.